The molecule has 0 radical (unpaired) electrons. The van der Waals surface area contributed by atoms with Crippen molar-refractivity contribution >= 4 is 5.91 Å². The fraction of sp³-hybridized carbons (Fsp3) is 0.286. The van der Waals surface area contributed by atoms with Crippen LogP contribution in [0.3, 0.4) is 0 Å². The molecule has 0 aliphatic rings. The first-order valence-corrected chi connectivity index (χ1v) is 6.16. The zero-order valence-corrected chi connectivity index (χ0v) is 10.9. The fourth-order valence-corrected chi connectivity index (χ4v) is 1.78. The highest BCUT2D eigenvalue weighted by Crippen LogP contribution is 2.16. The summed E-state index contributed by atoms with van der Waals surface area (Å²) in [4.78, 5) is 11.5. The van der Waals surface area contributed by atoms with Gasteiger partial charge in [0.05, 0.1) is 11.7 Å². The molecule has 0 spiro atoms. The van der Waals surface area contributed by atoms with Crippen molar-refractivity contribution in [2.75, 3.05) is 0 Å². The standard InChI is InChI=1S/C14H17N3O2/c1-10(16-14(19)11(2)18)12-5-3-6-13(9-12)17-8-4-7-15-17/h3-11,18H,1-2H3,(H,16,19). The predicted octanol–water partition coefficient (Wildman–Crippen LogP) is 1.43. The average molecular weight is 259 g/mol. The Morgan fingerprint density at radius 2 is 2.16 bits per heavy atom. The summed E-state index contributed by atoms with van der Waals surface area (Å²) in [5, 5.41) is 16.1. The molecule has 0 aliphatic carbocycles. The molecule has 0 bridgehead atoms. The Bertz CT molecular complexity index is 550. The number of amides is 1. The highest BCUT2D eigenvalue weighted by molar-refractivity contribution is 5.80. The van der Waals surface area contributed by atoms with Crippen molar-refractivity contribution in [2.45, 2.75) is 26.0 Å². The molecule has 2 rings (SSSR count). The van der Waals surface area contributed by atoms with Crippen LogP contribution in [0, 0.1) is 0 Å². The fourth-order valence-electron chi connectivity index (χ4n) is 1.78. The van der Waals surface area contributed by atoms with Crippen molar-refractivity contribution in [3.05, 3.63) is 48.3 Å². The predicted molar refractivity (Wildman–Crippen MR) is 71.8 cm³/mol. The molecule has 5 heteroatoms. The van der Waals surface area contributed by atoms with Gasteiger partial charge in [-0.1, -0.05) is 12.1 Å². The summed E-state index contributed by atoms with van der Waals surface area (Å²) < 4.78 is 1.76. The van der Waals surface area contributed by atoms with Crippen molar-refractivity contribution in [3.8, 4) is 5.69 Å². The number of nitrogens with one attached hydrogen (secondary N) is 1. The molecule has 1 heterocycles. The maximum Gasteiger partial charge on any atom is 0.249 e. The van der Waals surface area contributed by atoms with Crippen LogP contribution in [0.1, 0.15) is 25.5 Å². The third-order valence-electron chi connectivity index (χ3n) is 2.88. The topological polar surface area (TPSA) is 67.2 Å². The quantitative estimate of drug-likeness (QED) is 0.873. The molecule has 2 atom stereocenters. The minimum absolute atomic E-state index is 0.169. The van der Waals surface area contributed by atoms with E-state index in [0.717, 1.165) is 11.3 Å². The van der Waals surface area contributed by atoms with Crippen molar-refractivity contribution in [1.29, 1.82) is 0 Å². The number of hydrogen-bond donors (Lipinski definition) is 2. The van der Waals surface area contributed by atoms with E-state index in [0.29, 0.717) is 0 Å². The van der Waals surface area contributed by atoms with Gasteiger partial charge in [0.15, 0.2) is 0 Å². The van der Waals surface area contributed by atoms with E-state index in [1.54, 1.807) is 10.9 Å². The zero-order chi connectivity index (χ0) is 13.8. The summed E-state index contributed by atoms with van der Waals surface area (Å²) in [6.45, 7) is 3.32. The van der Waals surface area contributed by atoms with E-state index in [9.17, 15) is 9.90 Å². The van der Waals surface area contributed by atoms with Gasteiger partial charge in [-0.15, -0.1) is 0 Å². The molecular formula is C14H17N3O2. The smallest absolute Gasteiger partial charge is 0.249 e. The lowest BCUT2D eigenvalue weighted by Crippen LogP contribution is -2.34. The first kappa shape index (κ1) is 13.3. The van der Waals surface area contributed by atoms with Crippen LogP contribution in [0.2, 0.25) is 0 Å². The first-order valence-electron chi connectivity index (χ1n) is 6.16. The maximum atomic E-state index is 11.5. The number of carbonyl (C=O) groups excluding carboxylic acids is 1. The third-order valence-corrected chi connectivity index (χ3v) is 2.88. The van der Waals surface area contributed by atoms with E-state index in [1.807, 2.05) is 43.5 Å². The lowest BCUT2D eigenvalue weighted by Gasteiger charge is -2.16. The molecule has 2 N–H and O–H groups in total. The van der Waals surface area contributed by atoms with Crippen LogP contribution in [0.15, 0.2) is 42.7 Å². The Labute approximate surface area is 111 Å². The molecule has 0 aliphatic heterocycles. The maximum absolute atomic E-state index is 11.5. The van der Waals surface area contributed by atoms with Crippen LogP contribution in [0.5, 0.6) is 0 Å². The van der Waals surface area contributed by atoms with Crippen molar-refractivity contribution in [1.82, 2.24) is 15.1 Å². The molecule has 5 nitrogen and oxygen atoms in total. The summed E-state index contributed by atoms with van der Waals surface area (Å²) in [6.07, 6.45) is 2.57. The lowest BCUT2D eigenvalue weighted by atomic mass is 10.1. The number of hydrogen-bond acceptors (Lipinski definition) is 3. The van der Waals surface area contributed by atoms with Crippen LogP contribution in [-0.4, -0.2) is 26.9 Å². The first-order chi connectivity index (χ1) is 9.08. The Balaban J connectivity index is 2.17. The number of benzene rings is 1. The van der Waals surface area contributed by atoms with Gasteiger partial charge in [-0.25, -0.2) is 4.68 Å². The number of aliphatic hydroxyl groups is 1. The summed E-state index contributed by atoms with van der Waals surface area (Å²) >= 11 is 0. The van der Waals surface area contributed by atoms with Gasteiger partial charge >= 0.3 is 0 Å². The van der Waals surface area contributed by atoms with Gasteiger partial charge < -0.3 is 10.4 Å². The monoisotopic (exact) mass is 259 g/mol. The molecular weight excluding hydrogens is 242 g/mol. The van der Waals surface area contributed by atoms with Crippen LogP contribution >= 0.6 is 0 Å². The van der Waals surface area contributed by atoms with E-state index in [-0.39, 0.29) is 11.9 Å². The van der Waals surface area contributed by atoms with Gasteiger partial charge in [0.25, 0.3) is 0 Å². The average Bonchev–Trinajstić information content (AvgIpc) is 2.92. The van der Waals surface area contributed by atoms with Gasteiger partial charge in [0.1, 0.15) is 6.10 Å². The second-order valence-electron chi connectivity index (χ2n) is 4.45. The van der Waals surface area contributed by atoms with E-state index < -0.39 is 6.10 Å². The number of aliphatic hydroxyl groups excluding tert-OH is 1. The Morgan fingerprint density at radius 3 is 2.79 bits per heavy atom. The second-order valence-corrected chi connectivity index (χ2v) is 4.45. The van der Waals surface area contributed by atoms with Crippen LogP contribution in [0.4, 0.5) is 0 Å². The second kappa shape index (κ2) is 5.67. The molecule has 1 aromatic heterocycles. The van der Waals surface area contributed by atoms with E-state index in [2.05, 4.69) is 10.4 Å². The highest BCUT2D eigenvalue weighted by atomic mass is 16.3. The van der Waals surface area contributed by atoms with Crippen LogP contribution < -0.4 is 5.32 Å². The van der Waals surface area contributed by atoms with Crippen molar-refractivity contribution in [3.63, 3.8) is 0 Å². The number of aromatic nitrogens is 2. The molecule has 2 aromatic rings. The van der Waals surface area contributed by atoms with Crippen LogP contribution in [-0.2, 0) is 4.79 Å². The Morgan fingerprint density at radius 1 is 1.37 bits per heavy atom. The van der Waals surface area contributed by atoms with E-state index >= 15 is 0 Å². The SMILES string of the molecule is CC(O)C(=O)NC(C)c1cccc(-n2cccn2)c1. The van der Waals surface area contributed by atoms with Crippen molar-refractivity contribution < 1.29 is 9.90 Å². The molecule has 1 amide bonds. The third kappa shape index (κ3) is 3.20. The summed E-state index contributed by atoms with van der Waals surface area (Å²) in [7, 11) is 0. The molecule has 1 aromatic carbocycles. The molecule has 0 saturated heterocycles. The largest absolute Gasteiger partial charge is 0.384 e. The highest BCUT2D eigenvalue weighted by Gasteiger charge is 2.13. The summed E-state index contributed by atoms with van der Waals surface area (Å²) in [5.41, 5.74) is 1.89. The van der Waals surface area contributed by atoms with Crippen molar-refractivity contribution in [2.24, 2.45) is 0 Å². The Kier molecular flexibility index (Phi) is 3.97. The Hall–Kier alpha value is -2.14. The normalized spacial score (nSPS) is 13.8. The number of carbonyl (C=O) groups is 1. The van der Waals surface area contributed by atoms with Crippen LogP contribution in [0.25, 0.3) is 5.69 Å². The minimum Gasteiger partial charge on any atom is -0.384 e. The van der Waals surface area contributed by atoms with Gasteiger partial charge in [-0.05, 0) is 37.6 Å². The van der Waals surface area contributed by atoms with Gasteiger partial charge in [-0.2, -0.15) is 5.10 Å². The van der Waals surface area contributed by atoms with Gasteiger partial charge in [0, 0.05) is 12.4 Å². The molecule has 0 fully saturated rings. The summed E-state index contributed by atoms with van der Waals surface area (Å²) in [5.74, 6) is -0.378. The molecule has 0 saturated carbocycles. The molecule has 2 unspecified atom stereocenters. The summed E-state index contributed by atoms with van der Waals surface area (Å²) in [6, 6.07) is 9.43. The number of rotatable bonds is 4. The van der Waals surface area contributed by atoms with Gasteiger partial charge in [0.2, 0.25) is 5.91 Å². The minimum atomic E-state index is -1.00. The lowest BCUT2D eigenvalue weighted by molar-refractivity contribution is -0.129. The number of nitrogens with zero attached hydrogens (tertiary/aromatic N) is 2. The van der Waals surface area contributed by atoms with E-state index in [1.165, 1.54) is 6.92 Å². The van der Waals surface area contributed by atoms with E-state index in [4.69, 9.17) is 0 Å². The van der Waals surface area contributed by atoms with Gasteiger partial charge in [-0.3, -0.25) is 4.79 Å². The molecule has 100 valence electrons. The molecule has 19 heavy (non-hydrogen) atoms. The zero-order valence-electron chi connectivity index (χ0n) is 10.9.